The van der Waals surface area contributed by atoms with Gasteiger partial charge in [0, 0.05) is 55.7 Å². The number of fused-ring (bicyclic) bond motifs is 2. The average molecular weight is 519 g/mol. The molecule has 1 N–H and O–H groups in total. The number of carboxylic acids is 1. The summed E-state index contributed by atoms with van der Waals surface area (Å²) in [6, 6.07) is 14.2. The predicted molar refractivity (Wildman–Crippen MR) is 129 cm³/mol. The summed E-state index contributed by atoms with van der Waals surface area (Å²) in [6.45, 7) is 3.90. The van der Waals surface area contributed by atoms with Crippen LogP contribution in [0.25, 0.3) is 0 Å². The monoisotopic (exact) mass is 518 g/mol. The van der Waals surface area contributed by atoms with Crippen molar-refractivity contribution in [2.24, 2.45) is 0 Å². The van der Waals surface area contributed by atoms with Crippen molar-refractivity contribution >= 4 is 23.6 Å². The Morgan fingerprint density at radius 1 is 0.919 bits per heavy atom. The second kappa shape index (κ2) is 10.8. The smallest absolute Gasteiger partial charge is 0.475 e. The Labute approximate surface area is 212 Å². The van der Waals surface area contributed by atoms with E-state index < -0.39 is 12.1 Å². The van der Waals surface area contributed by atoms with Gasteiger partial charge >= 0.3 is 18.2 Å². The van der Waals surface area contributed by atoms with Crippen molar-refractivity contribution in [1.29, 1.82) is 0 Å². The highest BCUT2D eigenvalue weighted by Gasteiger charge is 2.47. The van der Waals surface area contributed by atoms with E-state index in [9.17, 15) is 22.8 Å². The van der Waals surface area contributed by atoms with Crippen LogP contribution < -0.4 is 4.90 Å². The molecule has 0 atom stereocenters. The van der Waals surface area contributed by atoms with Crippen LogP contribution in [-0.2, 0) is 21.4 Å². The molecule has 0 aliphatic carbocycles. The molecule has 3 amide bonds. The molecule has 3 aliphatic rings. The number of carboxylic acid groups (broad SMARTS) is 1. The number of halogens is 3. The van der Waals surface area contributed by atoms with Gasteiger partial charge in [-0.15, -0.1) is 0 Å². The van der Waals surface area contributed by atoms with E-state index >= 15 is 0 Å². The number of para-hydroxylation sites is 1. The molecule has 37 heavy (non-hydrogen) atoms. The highest BCUT2D eigenvalue weighted by atomic mass is 19.4. The van der Waals surface area contributed by atoms with Crippen molar-refractivity contribution in [2.45, 2.75) is 43.7 Å². The molecule has 2 aromatic rings. The number of urea groups is 1. The van der Waals surface area contributed by atoms with Crippen LogP contribution in [0, 0.1) is 0 Å². The van der Waals surface area contributed by atoms with Crippen molar-refractivity contribution in [3.05, 3.63) is 59.9 Å². The normalized spacial score (nSPS) is 18.3. The number of aromatic nitrogens is 1. The number of piperidine rings is 1. The first-order valence-electron chi connectivity index (χ1n) is 12.2. The number of likely N-dealkylation sites (tertiary alicyclic amines) is 2. The lowest BCUT2D eigenvalue weighted by Gasteiger charge is -2.40. The summed E-state index contributed by atoms with van der Waals surface area (Å²) in [5.74, 6) is -2.62. The summed E-state index contributed by atoms with van der Waals surface area (Å²) in [7, 11) is 0. The topological polar surface area (TPSA) is 94.1 Å². The van der Waals surface area contributed by atoms with E-state index in [1.54, 1.807) is 6.20 Å². The average Bonchev–Trinajstić information content (AvgIpc) is 3.52. The van der Waals surface area contributed by atoms with Crippen molar-refractivity contribution in [2.75, 3.05) is 37.6 Å². The zero-order valence-electron chi connectivity index (χ0n) is 20.3. The summed E-state index contributed by atoms with van der Waals surface area (Å²) >= 11 is 0. The minimum absolute atomic E-state index is 0.0479. The molecule has 1 spiro atoms. The highest BCUT2D eigenvalue weighted by molar-refractivity contribution is 5.95. The molecular formula is C26H29F3N4O4. The van der Waals surface area contributed by atoms with E-state index in [4.69, 9.17) is 9.90 Å². The maximum absolute atomic E-state index is 13.2. The third-order valence-electron chi connectivity index (χ3n) is 7.21. The number of alkyl halides is 3. The van der Waals surface area contributed by atoms with E-state index in [2.05, 4.69) is 23.2 Å². The van der Waals surface area contributed by atoms with Gasteiger partial charge in [-0.25, -0.2) is 9.59 Å². The second-order valence-electron chi connectivity index (χ2n) is 9.54. The second-order valence-corrected chi connectivity index (χ2v) is 9.54. The maximum atomic E-state index is 13.2. The van der Waals surface area contributed by atoms with E-state index in [0.717, 1.165) is 69.8 Å². The fraction of sp³-hybridized carbons (Fsp3) is 0.462. The van der Waals surface area contributed by atoms with Gasteiger partial charge in [0.2, 0.25) is 5.91 Å². The van der Waals surface area contributed by atoms with Crippen molar-refractivity contribution in [1.82, 2.24) is 14.8 Å². The van der Waals surface area contributed by atoms with E-state index in [-0.39, 0.29) is 17.4 Å². The number of benzene rings is 1. The van der Waals surface area contributed by atoms with Crippen LogP contribution in [0.1, 0.15) is 36.9 Å². The fourth-order valence-electron chi connectivity index (χ4n) is 5.26. The van der Waals surface area contributed by atoms with Gasteiger partial charge in [-0.2, -0.15) is 13.2 Å². The number of carbonyl (C=O) groups is 3. The minimum atomic E-state index is -5.08. The molecule has 2 fully saturated rings. The largest absolute Gasteiger partial charge is 0.490 e. The molecule has 4 heterocycles. The number of hydrogen-bond donors (Lipinski definition) is 1. The first-order chi connectivity index (χ1) is 17.6. The summed E-state index contributed by atoms with van der Waals surface area (Å²) in [4.78, 5) is 45.1. The molecular weight excluding hydrogens is 489 g/mol. The van der Waals surface area contributed by atoms with Crippen molar-refractivity contribution in [3.63, 3.8) is 0 Å². The van der Waals surface area contributed by atoms with Crippen LogP contribution in [-0.4, -0.2) is 76.7 Å². The van der Waals surface area contributed by atoms with E-state index in [0.29, 0.717) is 6.42 Å². The van der Waals surface area contributed by atoms with Crippen molar-refractivity contribution in [3.8, 4) is 0 Å². The lowest BCUT2D eigenvalue weighted by Crippen LogP contribution is -2.49. The van der Waals surface area contributed by atoms with Crippen LogP contribution in [0.4, 0.5) is 23.7 Å². The third-order valence-corrected chi connectivity index (χ3v) is 7.21. The first kappa shape index (κ1) is 26.4. The van der Waals surface area contributed by atoms with Gasteiger partial charge in [0.15, 0.2) is 0 Å². The molecule has 11 heteroatoms. The summed E-state index contributed by atoms with van der Waals surface area (Å²) < 4.78 is 31.7. The molecule has 1 aromatic heterocycles. The van der Waals surface area contributed by atoms with Crippen LogP contribution in [0.5, 0.6) is 0 Å². The van der Waals surface area contributed by atoms with Gasteiger partial charge in [-0.3, -0.25) is 14.7 Å². The van der Waals surface area contributed by atoms with Crippen LogP contribution >= 0.6 is 0 Å². The zero-order valence-corrected chi connectivity index (χ0v) is 20.3. The van der Waals surface area contributed by atoms with Gasteiger partial charge in [-0.05, 0) is 49.4 Å². The zero-order chi connectivity index (χ0) is 26.6. The Balaban J connectivity index is 0.000000405. The SMILES string of the molecule is O=C(Cc1ccccn1)N1CCC2(CC1)CN(C(=O)N1CCCC1)c1ccccc12.O=C(O)C(F)(F)F. The van der Waals surface area contributed by atoms with Gasteiger partial charge in [0.1, 0.15) is 0 Å². The number of rotatable bonds is 2. The standard InChI is InChI=1S/C24H28N4O2.C2HF3O2/c29-22(17-19-7-3-4-12-25-19)26-15-10-24(11-16-26)18-28(21-9-2-1-8-20(21)24)23(30)27-13-5-6-14-27;3-2(4,5)1(6)7/h1-4,7-9,12H,5-6,10-11,13-18H2;(H,6,7). The number of amides is 3. The van der Waals surface area contributed by atoms with Gasteiger partial charge in [0.05, 0.1) is 6.42 Å². The summed E-state index contributed by atoms with van der Waals surface area (Å²) in [6.07, 6.45) is 0.974. The molecule has 0 radical (unpaired) electrons. The molecule has 8 nitrogen and oxygen atoms in total. The summed E-state index contributed by atoms with van der Waals surface area (Å²) in [5, 5.41) is 7.12. The number of hydrogen-bond acceptors (Lipinski definition) is 4. The van der Waals surface area contributed by atoms with Crippen molar-refractivity contribution < 1.29 is 32.7 Å². The molecule has 0 bridgehead atoms. The Hall–Kier alpha value is -3.63. The molecule has 0 unspecified atom stereocenters. The molecule has 3 aliphatic heterocycles. The number of anilines is 1. The van der Waals surface area contributed by atoms with Crippen LogP contribution in [0.3, 0.4) is 0 Å². The Morgan fingerprint density at radius 3 is 2.14 bits per heavy atom. The highest BCUT2D eigenvalue weighted by Crippen LogP contribution is 2.47. The quantitative estimate of drug-likeness (QED) is 0.652. The lowest BCUT2D eigenvalue weighted by molar-refractivity contribution is -0.192. The van der Waals surface area contributed by atoms with E-state index in [1.165, 1.54) is 5.56 Å². The molecule has 1 aromatic carbocycles. The van der Waals surface area contributed by atoms with Gasteiger partial charge < -0.3 is 14.9 Å². The lowest BCUT2D eigenvalue weighted by atomic mass is 9.74. The molecule has 198 valence electrons. The Morgan fingerprint density at radius 2 is 1.54 bits per heavy atom. The number of carbonyl (C=O) groups excluding carboxylic acids is 2. The number of aliphatic carboxylic acids is 1. The van der Waals surface area contributed by atoms with Crippen LogP contribution in [0.15, 0.2) is 48.7 Å². The van der Waals surface area contributed by atoms with Gasteiger partial charge in [0.25, 0.3) is 0 Å². The first-order valence-corrected chi connectivity index (χ1v) is 12.2. The molecule has 5 rings (SSSR count). The summed E-state index contributed by atoms with van der Waals surface area (Å²) in [5.41, 5.74) is 3.10. The predicted octanol–water partition coefficient (Wildman–Crippen LogP) is 3.85. The maximum Gasteiger partial charge on any atom is 0.490 e. The molecule has 2 saturated heterocycles. The fourth-order valence-corrected chi connectivity index (χ4v) is 5.26. The van der Waals surface area contributed by atoms with Crippen LogP contribution in [0.2, 0.25) is 0 Å². The number of pyridine rings is 1. The molecule has 0 saturated carbocycles. The Kier molecular flexibility index (Phi) is 7.70. The van der Waals surface area contributed by atoms with Gasteiger partial charge in [-0.1, -0.05) is 24.3 Å². The van der Waals surface area contributed by atoms with E-state index in [1.807, 2.05) is 39.0 Å². The number of nitrogens with zero attached hydrogens (tertiary/aromatic N) is 4. The third kappa shape index (κ3) is 5.86. The Bertz CT molecular complexity index is 1130. The minimum Gasteiger partial charge on any atom is -0.475 e.